The molecule has 0 aliphatic carbocycles. The molecule has 218 valence electrons. The van der Waals surface area contributed by atoms with E-state index in [0.717, 1.165) is 12.8 Å². The summed E-state index contributed by atoms with van der Waals surface area (Å²) in [5.41, 5.74) is 7.32. The third-order valence-corrected chi connectivity index (χ3v) is 11.9. The lowest BCUT2D eigenvalue weighted by atomic mass is 9.96. The van der Waals surface area contributed by atoms with Crippen LogP contribution in [0.15, 0.2) is 73.3 Å². The Bertz CT molecular complexity index is 1100. The predicted molar refractivity (Wildman–Crippen MR) is 156 cm³/mol. The van der Waals surface area contributed by atoms with Gasteiger partial charge in [-0.15, -0.1) is 6.58 Å². The second-order valence-electron chi connectivity index (χ2n) is 11.5. The van der Waals surface area contributed by atoms with Crippen molar-refractivity contribution in [2.45, 2.75) is 82.4 Å². The van der Waals surface area contributed by atoms with Crippen LogP contribution in [0.1, 0.15) is 54.3 Å². The van der Waals surface area contributed by atoms with Crippen molar-refractivity contribution in [2.24, 2.45) is 5.73 Å². The SMILES string of the molecule is C=CCCCO[C@@H]1O[C@H](CO[Si](C)(C)C(C)(C)C)[C@@H](OC(=O)c2ccccc2)[C@H](OC(=O)c2ccccc2)[C@H]1N. The van der Waals surface area contributed by atoms with E-state index in [0.29, 0.717) is 17.7 Å². The van der Waals surface area contributed by atoms with Crippen LogP contribution in [-0.4, -0.2) is 64.1 Å². The molecule has 0 amide bonds. The van der Waals surface area contributed by atoms with Gasteiger partial charge in [0.25, 0.3) is 0 Å². The van der Waals surface area contributed by atoms with Crippen LogP contribution in [0.2, 0.25) is 18.1 Å². The Morgan fingerprint density at radius 2 is 1.48 bits per heavy atom. The van der Waals surface area contributed by atoms with Gasteiger partial charge in [-0.3, -0.25) is 0 Å². The second-order valence-corrected chi connectivity index (χ2v) is 16.3. The summed E-state index contributed by atoms with van der Waals surface area (Å²) in [5.74, 6) is -1.16. The quantitative estimate of drug-likeness (QED) is 0.155. The van der Waals surface area contributed by atoms with E-state index in [1.165, 1.54) is 0 Å². The number of carbonyl (C=O) groups is 2. The summed E-state index contributed by atoms with van der Waals surface area (Å²) in [7, 11) is -2.22. The first-order valence-corrected chi connectivity index (χ1v) is 16.6. The standard InChI is InChI=1S/C31H43NO7Si/c1-7-8-15-20-35-30-25(32)27(39-29(34)23-18-13-10-14-19-23)26(38-28(33)22-16-11-9-12-17-22)24(37-30)21-36-40(5,6)31(2,3)4/h7,9-14,16-19,24-27,30H,1,8,15,20-21,32H2,2-6H3/t24-,25-,26-,27-,30-/m1/s1. The van der Waals surface area contributed by atoms with E-state index in [9.17, 15) is 9.59 Å². The fourth-order valence-electron chi connectivity index (χ4n) is 3.96. The van der Waals surface area contributed by atoms with Crippen LogP contribution in [-0.2, 0) is 23.4 Å². The molecule has 0 unspecified atom stereocenters. The van der Waals surface area contributed by atoms with Crippen LogP contribution in [0.3, 0.4) is 0 Å². The van der Waals surface area contributed by atoms with Gasteiger partial charge in [0.05, 0.1) is 30.4 Å². The maximum atomic E-state index is 13.2. The van der Waals surface area contributed by atoms with E-state index >= 15 is 0 Å². The maximum Gasteiger partial charge on any atom is 0.338 e. The average Bonchev–Trinajstić information content (AvgIpc) is 2.93. The van der Waals surface area contributed by atoms with Crippen molar-refractivity contribution < 1.29 is 33.0 Å². The monoisotopic (exact) mass is 569 g/mol. The van der Waals surface area contributed by atoms with Crippen molar-refractivity contribution in [3.63, 3.8) is 0 Å². The first-order chi connectivity index (χ1) is 18.9. The van der Waals surface area contributed by atoms with Gasteiger partial charge in [-0.1, -0.05) is 63.2 Å². The molecule has 1 saturated heterocycles. The molecule has 0 spiro atoms. The zero-order chi connectivity index (χ0) is 29.3. The molecule has 5 atom stereocenters. The number of carbonyl (C=O) groups excluding carboxylic acids is 2. The fraction of sp³-hybridized carbons (Fsp3) is 0.484. The zero-order valence-corrected chi connectivity index (χ0v) is 25.2. The highest BCUT2D eigenvalue weighted by atomic mass is 28.4. The van der Waals surface area contributed by atoms with Gasteiger partial charge in [-0.2, -0.15) is 0 Å². The molecule has 3 rings (SSSR count). The smallest absolute Gasteiger partial charge is 0.338 e. The molecule has 9 heteroatoms. The van der Waals surface area contributed by atoms with E-state index < -0.39 is 50.9 Å². The van der Waals surface area contributed by atoms with Gasteiger partial charge in [-0.05, 0) is 55.2 Å². The van der Waals surface area contributed by atoms with Crippen LogP contribution in [0.25, 0.3) is 0 Å². The van der Waals surface area contributed by atoms with Crippen LogP contribution >= 0.6 is 0 Å². The van der Waals surface area contributed by atoms with Gasteiger partial charge >= 0.3 is 11.9 Å². The van der Waals surface area contributed by atoms with Crippen molar-refractivity contribution >= 4 is 20.3 Å². The lowest BCUT2D eigenvalue weighted by Crippen LogP contribution is -2.65. The molecule has 8 nitrogen and oxygen atoms in total. The lowest BCUT2D eigenvalue weighted by molar-refractivity contribution is -0.263. The summed E-state index contributed by atoms with van der Waals surface area (Å²) in [4.78, 5) is 26.4. The highest BCUT2D eigenvalue weighted by Crippen LogP contribution is 2.37. The molecule has 0 radical (unpaired) electrons. The molecule has 1 heterocycles. The van der Waals surface area contributed by atoms with Crippen molar-refractivity contribution in [3.05, 3.63) is 84.4 Å². The van der Waals surface area contributed by atoms with E-state index in [2.05, 4.69) is 40.4 Å². The summed E-state index contributed by atoms with van der Waals surface area (Å²) in [5, 5.41) is -0.0615. The van der Waals surface area contributed by atoms with E-state index in [4.69, 9.17) is 29.1 Å². The van der Waals surface area contributed by atoms with Crippen LogP contribution < -0.4 is 5.73 Å². The third kappa shape index (κ3) is 8.34. The average molecular weight is 570 g/mol. The van der Waals surface area contributed by atoms with Crippen molar-refractivity contribution in [1.82, 2.24) is 0 Å². The van der Waals surface area contributed by atoms with Gasteiger partial charge < -0.3 is 29.1 Å². The largest absolute Gasteiger partial charge is 0.453 e. The van der Waals surface area contributed by atoms with Gasteiger partial charge in [0, 0.05) is 0 Å². The number of hydrogen-bond acceptors (Lipinski definition) is 8. The maximum absolute atomic E-state index is 13.2. The lowest BCUT2D eigenvalue weighted by Gasteiger charge is -2.45. The minimum atomic E-state index is -2.22. The molecule has 1 fully saturated rings. The summed E-state index contributed by atoms with van der Waals surface area (Å²) in [6.45, 7) is 14.9. The van der Waals surface area contributed by atoms with E-state index in [1.807, 2.05) is 18.2 Å². The topological polar surface area (TPSA) is 106 Å². The molecule has 2 aromatic carbocycles. The molecule has 2 aromatic rings. The Balaban J connectivity index is 1.94. The first-order valence-electron chi connectivity index (χ1n) is 13.7. The Hall–Kier alpha value is -2.82. The van der Waals surface area contributed by atoms with Crippen LogP contribution in [0.5, 0.6) is 0 Å². The number of benzene rings is 2. The Labute approximate surface area is 238 Å². The predicted octanol–water partition coefficient (Wildman–Crippen LogP) is 5.49. The molecule has 0 aromatic heterocycles. The molecule has 2 N–H and O–H groups in total. The second kappa shape index (κ2) is 14.2. The van der Waals surface area contributed by atoms with E-state index in [-0.39, 0.29) is 11.6 Å². The first kappa shape index (κ1) is 31.7. The number of hydrogen-bond donors (Lipinski definition) is 1. The van der Waals surface area contributed by atoms with Gasteiger partial charge in [-0.25, -0.2) is 9.59 Å². The highest BCUT2D eigenvalue weighted by molar-refractivity contribution is 6.74. The third-order valence-electron chi connectivity index (χ3n) is 7.45. The Kier molecular flexibility index (Phi) is 11.2. The molecule has 1 aliphatic heterocycles. The zero-order valence-electron chi connectivity index (χ0n) is 24.2. The number of rotatable bonds is 12. The molecule has 0 saturated carbocycles. The molecule has 1 aliphatic rings. The van der Waals surface area contributed by atoms with Crippen molar-refractivity contribution in [2.75, 3.05) is 13.2 Å². The normalized spacial score (nSPS) is 23.3. The summed E-state index contributed by atoms with van der Waals surface area (Å²) in [6, 6.07) is 16.3. The highest BCUT2D eigenvalue weighted by Gasteiger charge is 2.50. The van der Waals surface area contributed by atoms with Gasteiger partial charge in [0.2, 0.25) is 0 Å². The minimum absolute atomic E-state index is 0.0615. The van der Waals surface area contributed by atoms with Gasteiger partial charge in [0.1, 0.15) is 6.10 Å². The van der Waals surface area contributed by atoms with Crippen molar-refractivity contribution in [3.8, 4) is 0 Å². The number of allylic oxidation sites excluding steroid dienone is 1. The van der Waals surface area contributed by atoms with E-state index in [1.54, 1.807) is 48.5 Å². The van der Waals surface area contributed by atoms with Crippen LogP contribution in [0, 0.1) is 0 Å². The molecular weight excluding hydrogens is 526 g/mol. The number of ether oxygens (including phenoxy) is 4. The minimum Gasteiger partial charge on any atom is -0.453 e. The number of esters is 2. The molecule has 40 heavy (non-hydrogen) atoms. The van der Waals surface area contributed by atoms with Crippen LogP contribution in [0.4, 0.5) is 0 Å². The molecule has 0 bridgehead atoms. The fourth-order valence-corrected chi connectivity index (χ4v) is 4.98. The summed E-state index contributed by atoms with van der Waals surface area (Å²) >= 11 is 0. The number of unbranched alkanes of at least 4 members (excludes halogenated alkanes) is 1. The Morgan fingerprint density at radius 1 is 0.950 bits per heavy atom. The van der Waals surface area contributed by atoms with Crippen molar-refractivity contribution in [1.29, 1.82) is 0 Å². The Morgan fingerprint density at radius 3 is 1.98 bits per heavy atom. The number of nitrogens with two attached hydrogens (primary N) is 1. The summed E-state index contributed by atoms with van der Waals surface area (Å²) in [6.07, 6.45) is -0.479. The summed E-state index contributed by atoms with van der Waals surface area (Å²) < 4.78 is 30.8. The van der Waals surface area contributed by atoms with Gasteiger partial charge in [0.15, 0.2) is 26.8 Å². The molecular formula is C31H43NO7Si.